The van der Waals surface area contributed by atoms with Crippen LogP contribution >= 0.6 is 0 Å². The Bertz CT molecular complexity index is 803. The van der Waals surface area contributed by atoms with Crippen molar-refractivity contribution in [3.63, 3.8) is 0 Å². The number of amides is 1. The normalized spacial score (nSPS) is 10.1. The summed E-state index contributed by atoms with van der Waals surface area (Å²) in [7, 11) is 3.05. The summed E-state index contributed by atoms with van der Waals surface area (Å²) >= 11 is 0. The van der Waals surface area contributed by atoms with Crippen molar-refractivity contribution in [2.75, 3.05) is 20.8 Å². The van der Waals surface area contributed by atoms with Crippen molar-refractivity contribution in [2.24, 2.45) is 0 Å². The van der Waals surface area contributed by atoms with Gasteiger partial charge in [-0.2, -0.15) is 0 Å². The largest absolute Gasteiger partial charge is 0.493 e. The number of hydrogen-bond donors (Lipinski definition) is 2. The highest BCUT2D eigenvalue weighted by atomic mass is 16.5. The minimum absolute atomic E-state index is 0.250. The van der Waals surface area contributed by atoms with Crippen LogP contribution in [-0.2, 0) is 11.3 Å². The summed E-state index contributed by atoms with van der Waals surface area (Å²) in [6.07, 6.45) is 0. The maximum Gasteiger partial charge on any atom is 0.341 e. The molecule has 7 nitrogen and oxygen atoms in total. The van der Waals surface area contributed by atoms with Gasteiger partial charge in [-0.1, -0.05) is 12.1 Å². The van der Waals surface area contributed by atoms with Crippen LogP contribution in [0.3, 0.4) is 0 Å². The minimum Gasteiger partial charge on any atom is -0.493 e. The van der Waals surface area contributed by atoms with Gasteiger partial charge >= 0.3 is 5.97 Å². The highest BCUT2D eigenvalue weighted by molar-refractivity contribution is 5.96. The van der Waals surface area contributed by atoms with Crippen molar-refractivity contribution in [3.8, 4) is 17.2 Å². The lowest BCUT2D eigenvalue weighted by Gasteiger charge is -2.13. The lowest BCUT2D eigenvalue weighted by atomic mass is 10.1. The van der Waals surface area contributed by atoms with Crippen LogP contribution in [0.2, 0.25) is 0 Å². The van der Waals surface area contributed by atoms with E-state index in [4.69, 9.17) is 19.3 Å². The van der Waals surface area contributed by atoms with Gasteiger partial charge in [-0.3, -0.25) is 4.79 Å². The smallest absolute Gasteiger partial charge is 0.341 e. The van der Waals surface area contributed by atoms with E-state index >= 15 is 0 Å². The van der Waals surface area contributed by atoms with Gasteiger partial charge in [0.05, 0.1) is 14.2 Å². The number of hydrogen-bond acceptors (Lipinski definition) is 5. The minimum atomic E-state index is -1.05. The van der Waals surface area contributed by atoms with Crippen LogP contribution in [0, 0.1) is 6.92 Å². The molecule has 0 unspecified atom stereocenters. The van der Waals surface area contributed by atoms with E-state index in [1.165, 1.54) is 14.2 Å². The number of aryl methyl sites for hydroxylation is 1. The molecule has 0 atom stereocenters. The van der Waals surface area contributed by atoms with Gasteiger partial charge < -0.3 is 24.6 Å². The molecule has 0 aliphatic heterocycles. The van der Waals surface area contributed by atoms with E-state index in [1.54, 1.807) is 30.3 Å². The summed E-state index contributed by atoms with van der Waals surface area (Å²) < 4.78 is 15.6. The van der Waals surface area contributed by atoms with Gasteiger partial charge in [0.15, 0.2) is 18.1 Å². The van der Waals surface area contributed by atoms with Crippen LogP contribution in [0.5, 0.6) is 17.2 Å². The highest BCUT2D eigenvalue weighted by Gasteiger charge is 2.14. The summed E-state index contributed by atoms with van der Waals surface area (Å²) in [6.45, 7) is 1.68. The van der Waals surface area contributed by atoms with Gasteiger partial charge in [-0.05, 0) is 42.3 Å². The first-order chi connectivity index (χ1) is 12.4. The quantitative estimate of drug-likeness (QED) is 0.752. The molecule has 7 heteroatoms. The predicted molar refractivity (Wildman–Crippen MR) is 95.0 cm³/mol. The van der Waals surface area contributed by atoms with E-state index in [9.17, 15) is 9.59 Å². The monoisotopic (exact) mass is 359 g/mol. The molecule has 0 saturated carbocycles. The van der Waals surface area contributed by atoms with Crippen molar-refractivity contribution in [1.29, 1.82) is 0 Å². The molecule has 138 valence electrons. The van der Waals surface area contributed by atoms with Gasteiger partial charge in [0.25, 0.3) is 5.91 Å². The first-order valence-corrected chi connectivity index (χ1v) is 7.89. The van der Waals surface area contributed by atoms with E-state index in [0.717, 1.165) is 11.1 Å². The second kappa shape index (κ2) is 8.75. The fourth-order valence-electron chi connectivity index (χ4n) is 2.39. The zero-order chi connectivity index (χ0) is 19.1. The number of aliphatic carboxylic acids is 1. The third kappa shape index (κ3) is 4.89. The summed E-state index contributed by atoms with van der Waals surface area (Å²) in [5.41, 5.74) is 2.04. The molecule has 2 rings (SSSR count). The number of nitrogens with one attached hydrogen (secondary N) is 1. The van der Waals surface area contributed by atoms with Gasteiger partial charge in [0.2, 0.25) is 0 Å². The van der Waals surface area contributed by atoms with Crippen LogP contribution in [0.25, 0.3) is 0 Å². The molecule has 1 amide bonds. The first-order valence-electron chi connectivity index (χ1n) is 7.89. The zero-order valence-corrected chi connectivity index (χ0v) is 14.9. The molecular weight excluding hydrogens is 338 g/mol. The summed E-state index contributed by atoms with van der Waals surface area (Å²) in [5.74, 6) is 0.173. The van der Waals surface area contributed by atoms with Crippen LogP contribution in [0.4, 0.5) is 0 Å². The molecule has 0 fully saturated rings. The topological polar surface area (TPSA) is 94.1 Å². The zero-order valence-electron chi connectivity index (χ0n) is 14.9. The molecule has 2 aromatic carbocycles. The molecule has 0 bridgehead atoms. The molecule has 0 heterocycles. The van der Waals surface area contributed by atoms with Crippen LogP contribution in [0.15, 0.2) is 36.4 Å². The van der Waals surface area contributed by atoms with Gasteiger partial charge in [-0.15, -0.1) is 0 Å². The lowest BCUT2D eigenvalue weighted by Crippen LogP contribution is -2.23. The maximum absolute atomic E-state index is 12.5. The number of carbonyl (C=O) groups is 2. The Balaban J connectivity index is 2.07. The Hall–Kier alpha value is -3.22. The number of ether oxygens (including phenoxy) is 3. The van der Waals surface area contributed by atoms with Crippen LogP contribution in [-0.4, -0.2) is 37.8 Å². The number of carboxylic acids is 1. The SMILES string of the molecule is COc1cc(C)c(C(=O)NCc2cccc(OCC(=O)O)c2)cc1OC. The van der Waals surface area contributed by atoms with Crippen LogP contribution < -0.4 is 19.5 Å². The summed E-state index contributed by atoms with van der Waals surface area (Å²) in [4.78, 5) is 23.0. The fourth-order valence-corrected chi connectivity index (χ4v) is 2.39. The molecule has 2 aromatic rings. The standard InChI is InChI=1S/C19H21NO6/c1-12-7-16(24-2)17(25-3)9-15(12)19(23)20-10-13-5-4-6-14(8-13)26-11-18(21)22/h4-9H,10-11H2,1-3H3,(H,20,23)(H,21,22). The first kappa shape index (κ1) is 19.1. The lowest BCUT2D eigenvalue weighted by molar-refractivity contribution is -0.139. The molecule has 0 aliphatic rings. The summed E-state index contributed by atoms with van der Waals surface area (Å²) in [5, 5.41) is 11.5. The van der Waals surface area contributed by atoms with E-state index in [-0.39, 0.29) is 12.5 Å². The average molecular weight is 359 g/mol. The van der Waals surface area contributed by atoms with Crippen molar-refractivity contribution < 1.29 is 28.9 Å². The van der Waals surface area contributed by atoms with E-state index in [2.05, 4.69) is 5.32 Å². The van der Waals surface area contributed by atoms with Gasteiger partial charge in [0, 0.05) is 12.1 Å². The Morgan fingerprint density at radius 3 is 2.42 bits per heavy atom. The number of rotatable bonds is 8. The highest BCUT2D eigenvalue weighted by Crippen LogP contribution is 2.30. The molecule has 0 radical (unpaired) electrons. The molecule has 0 aromatic heterocycles. The Morgan fingerprint density at radius 1 is 1.08 bits per heavy atom. The Kier molecular flexibility index (Phi) is 6.43. The third-order valence-corrected chi connectivity index (χ3v) is 3.69. The van der Waals surface area contributed by atoms with Crippen LogP contribution in [0.1, 0.15) is 21.5 Å². The maximum atomic E-state index is 12.5. The fraction of sp³-hybridized carbons (Fsp3) is 0.263. The molecular formula is C19H21NO6. The van der Waals surface area contributed by atoms with Crippen molar-refractivity contribution in [2.45, 2.75) is 13.5 Å². The summed E-state index contributed by atoms with van der Waals surface area (Å²) in [6, 6.07) is 10.3. The second-order valence-electron chi connectivity index (χ2n) is 5.53. The Labute approximate surface area is 151 Å². The molecule has 0 spiro atoms. The average Bonchev–Trinajstić information content (AvgIpc) is 2.64. The van der Waals surface area contributed by atoms with Gasteiger partial charge in [0.1, 0.15) is 5.75 Å². The predicted octanol–water partition coefficient (Wildman–Crippen LogP) is 2.41. The molecule has 2 N–H and O–H groups in total. The van der Waals surface area contributed by atoms with E-state index < -0.39 is 12.6 Å². The van der Waals surface area contributed by atoms with Crippen molar-refractivity contribution in [3.05, 3.63) is 53.1 Å². The number of benzene rings is 2. The Morgan fingerprint density at radius 2 is 1.77 bits per heavy atom. The second-order valence-corrected chi connectivity index (χ2v) is 5.53. The van der Waals surface area contributed by atoms with Crippen molar-refractivity contribution >= 4 is 11.9 Å². The number of carbonyl (C=O) groups excluding carboxylic acids is 1. The van der Waals surface area contributed by atoms with E-state index in [0.29, 0.717) is 22.8 Å². The molecule has 26 heavy (non-hydrogen) atoms. The molecule has 0 aliphatic carbocycles. The number of carboxylic acid groups (broad SMARTS) is 1. The van der Waals surface area contributed by atoms with E-state index in [1.807, 2.05) is 13.0 Å². The van der Waals surface area contributed by atoms with Crippen molar-refractivity contribution in [1.82, 2.24) is 5.32 Å². The van der Waals surface area contributed by atoms with Gasteiger partial charge in [-0.25, -0.2) is 4.79 Å². The third-order valence-electron chi connectivity index (χ3n) is 3.69. The number of methoxy groups -OCH3 is 2. The molecule has 0 saturated heterocycles.